The minimum atomic E-state index is -0.993. The van der Waals surface area contributed by atoms with E-state index in [1.54, 1.807) is 0 Å². The second-order valence-electron chi connectivity index (χ2n) is 8.31. The standard InChI is InChI=1S/C25H38N2O3/c1-2-3-4-5-6-7-8-9-10-11-12-17-24(28)27-23(25(29)30)18-20-19-26-22-16-14-13-15-21(20)22/h13-16,19,23,26H,2-12,17-18H2,1H3,(H,27,28)(H,29,30)/t23-/m1/s1. The Morgan fingerprint density at radius 3 is 2.17 bits per heavy atom. The summed E-state index contributed by atoms with van der Waals surface area (Å²) in [6.45, 7) is 2.24. The van der Waals surface area contributed by atoms with Crippen LogP contribution < -0.4 is 5.32 Å². The van der Waals surface area contributed by atoms with E-state index >= 15 is 0 Å². The van der Waals surface area contributed by atoms with Gasteiger partial charge in [-0.15, -0.1) is 0 Å². The van der Waals surface area contributed by atoms with E-state index in [0.29, 0.717) is 6.42 Å². The predicted octanol–water partition coefficient (Wildman–Crippen LogP) is 5.98. The highest BCUT2D eigenvalue weighted by Crippen LogP contribution is 2.19. The smallest absolute Gasteiger partial charge is 0.326 e. The van der Waals surface area contributed by atoms with Crippen LogP contribution in [0.3, 0.4) is 0 Å². The SMILES string of the molecule is CCCCCCCCCCCCCC(=O)N[C@H](Cc1c[nH]c2ccccc12)C(=O)O. The summed E-state index contributed by atoms with van der Waals surface area (Å²) >= 11 is 0. The number of para-hydroxylation sites is 1. The molecule has 30 heavy (non-hydrogen) atoms. The average molecular weight is 415 g/mol. The third-order valence-electron chi connectivity index (χ3n) is 5.74. The van der Waals surface area contributed by atoms with Gasteiger partial charge in [0, 0.05) is 29.9 Å². The number of fused-ring (bicyclic) bond motifs is 1. The Kier molecular flexibility index (Phi) is 11.1. The van der Waals surface area contributed by atoms with E-state index in [0.717, 1.165) is 35.7 Å². The van der Waals surface area contributed by atoms with E-state index in [9.17, 15) is 14.7 Å². The lowest BCUT2D eigenvalue weighted by molar-refractivity contribution is -0.141. The van der Waals surface area contributed by atoms with Crippen LogP contribution in [0.15, 0.2) is 30.5 Å². The maximum atomic E-state index is 12.2. The van der Waals surface area contributed by atoms with Crippen molar-refractivity contribution >= 4 is 22.8 Å². The van der Waals surface area contributed by atoms with Gasteiger partial charge in [-0.1, -0.05) is 89.3 Å². The first-order valence-corrected chi connectivity index (χ1v) is 11.7. The first kappa shape index (κ1) is 24.0. The summed E-state index contributed by atoms with van der Waals surface area (Å²) in [7, 11) is 0. The molecule has 0 aliphatic rings. The van der Waals surface area contributed by atoms with Crippen molar-refractivity contribution in [2.24, 2.45) is 0 Å². The number of carbonyl (C=O) groups excluding carboxylic acids is 1. The molecule has 0 saturated carbocycles. The minimum absolute atomic E-state index is 0.168. The summed E-state index contributed by atoms with van der Waals surface area (Å²) in [6.07, 6.45) is 16.1. The van der Waals surface area contributed by atoms with Crippen molar-refractivity contribution in [1.82, 2.24) is 10.3 Å². The third kappa shape index (κ3) is 8.60. The third-order valence-corrected chi connectivity index (χ3v) is 5.74. The van der Waals surface area contributed by atoms with Crippen molar-refractivity contribution in [3.05, 3.63) is 36.0 Å². The van der Waals surface area contributed by atoms with Crippen LogP contribution in [0.5, 0.6) is 0 Å². The second-order valence-corrected chi connectivity index (χ2v) is 8.31. The van der Waals surface area contributed by atoms with Crippen molar-refractivity contribution < 1.29 is 14.7 Å². The molecular weight excluding hydrogens is 376 g/mol. The molecule has 0 saturated heterocycles. The molecule has 1 amide bonds. The number of H-pyrrole nitrogens is 1. The van der Waals surface area contributed by atoms with Crippen LogP contribution in [0, 0.1) is 0 Å². The number of aliphatic carboxylic acids is 1. The lowest BCUT2D eigenvalue weighted by Crippen LogP contribution is -2.42. The number of hydrogen-bond donors (Lipinski definition) is 3. The molecule has 0 aliphatic carbocycles. The summed E-state index contributed by atoms with van der Waals surface area (Å²) in [5.74, 6) is -1.16. The number of benzene rings is 1. The fourth-order valence-electron chi connectivity index (χ4n) is 3.94. The molecule has 1 heterocycles. The number of carboxylic acids is 1. The zero-order chi connectivity index (χ0) is 21.6. The van der Waals surface area contributed by atoms with Gasteiger partial charge in [-0.2, -0.15) is 0 Å². The van der Waals surface area contributed by atoms with Crippen LogP contribution in [0.2, 0.25) is 0 Å². The second kappa shape index (κ2) is 13.8. The lowest BCUT2D eigenvalue weighted by atomic mass is 10.0. The number of rotatable bonds is 16. The van der Waals surface area contributed by atoms with Crippen molar-refractivity contribution in [2.45, 2.75) is 96.4 Å². The van der Waals surface area contributed by atoms with Crippen molar-refractivity contribution in [1.29, 1.82) is 0 Å². The number of carbonyl (C=O) groups is 2. The van der Waals surface area contributed by atoms with Crippen LogP contribution in [0.1, 0.15) is 89.5 Å². The summed E-state index contributed by atoms with van der Waals surface area (Å²) < 4.78 is 0. The highest BCUT2D eigenvalue weighted by Gasteiger charge is 2.21. The monoisotopic (exact) mass is 414 g/mol. The molecule has 0 radical (unpaired) electrons. The van der Waals surface area contributed by atoms with Gasteiger partial charge in [0.05, 0.1) is 0 Å². The van der Waals surface area contributed by atoms with Gasteiger partial charge in [0.25, 0.3) is 0 Å². The Morgan fingerprint density at radius 2 is 1.53 bits per heavy atom. The van der Waals surface area contributed by atoms with Gasteiger partial charge in [-0.3, -0.25) is 4.79 Å². The summed E-state index contributed by atoms with van der Waals surface area (Å²) in [4.78, 5) is 27.0. The molecule has 0 fully saturated rings. The molecule has 0 unspecified atom stereocenters. The summed E-state index contributed by atoms with van der Waals surface area (Å²) in [6, 6.07) is 6.89. The maximum absolute atomic E-state index is 12.2. The van der Waals surface area contributed by atoms with Crippen molar-refractivity contribution in [3.8, 4) is 0 Å². The van der Waals surface area contributed by atoms with Crippen LogP contribution in [0.4, 0.5) is 0 Å². The molecule has 1 aromatic carbocycles. The molecule has 3 N–H and O–H groups in total. The van der Waals surface area contributed by atoms with Crippen molar-refractivity contribution in [2.75, 3.05) is 0 Å². The number of aromatic nitrogens is 1. The van der Waals surface area contributed by atoms with E-state index in [2.05, 4.69) is 17.2 Å². The highest BCUT2D eigenvalue weighted by molar-refractivity contribution is 5.86. The van der Waals surface area contributed by atoms with Gasteiger partial charge in [-0.05, 0) is 18.1 Å². The Balaban J connectivity index is 1.61. The quantitative estimate of drug-likeness (QED) is 0.295. The molecule has 2 rings (SSSR count). The molecule has 5 heteroatoms. The van der Waals surface area contributed by atoms with Gasteiger partial charge in [0.2, 0.25) is 5.91 Å². The molecule has 5 nitrogen and oxygen atoms in total. The normalized spacial score (nSPS) is 12.2. The number of unbranched alkanes of at least 4 members (excludes halogenated alkanes) is 10. The predicted molar refractivity (Wildman–Crippen MR) is 123 cm³/mol. The highest BCUT2D eigenvalue weighted by atomic mass is 16.4. The van der Waals surface area contributed by atoms with Crippen molar-refractivity contribution in [3.63, 3.8) is 0 Å². The number of amides is 1. The van der Waals surface area contributed by atoms with E-state index in [4.69, 9.17) is 0 Å². The zero-order valence-electron chi connectivity index (χ0n) is 18.4. The number of carboxylic acid groups (broad SMARTS) is 1. The van der Waals surface area contributed by atoms with Gasteiger partial charge in [-0.25, -0.2) is 4.79 Å². The summed E-state index contributed by atoms with van der Waals surface area (Å²) in [5, 5.41) is 13.2. The summed E-state index contributed by atoms with van der Waals surface area (Å²) in [5.41, 5.74) is 1.89. The molecule has 1 atom stereocenters. The first-order chi connectivity index (χ1) is 14.6. The fourth-order valence-corrected chi connectivity index (χ4v) is 3.94. The largest absolute Gasteiger partial charge is 0.480 e. The number of nitrogens with one attached hydrogen (secondary N) is 2. The van der Waals surface area contributed by atoms with Gasteiger partial charge in [0.15, 0.2) is 0 Å². The lowest BCUT2D eigenvalue weighted by Gasteiger charge is -2.14. The van der Waals surface area contributed by atoms with Gasteiger partial charge >= 0.3 is 5.97 Å². The molecule has 0 bridgehead atoms. The van der Waals surface area contributed by atoms with E-state index < -0.39 is 12.0 Å². The van der Waals surface area contributed by atoms with Crippen LogP contribution in [-0.2, 0) is 16.0 Å². The molecule has 166 valence electrons. The first-order valence-electron chi connectivity index (χ1n) is 11.7. The number of aromatic amines is 1. The van der Waals surface area contributed by atoms with E-state index in [1.807, 2.05) is 30.5 Å². The molecule has 0 spiro atoms. The van der Waals surface area contributed by atoms with Gasteiger partial charge < -0.3 is 15.4 Å². The Bertz CT molecular complexity index is 769. The minimum Gasteiger partial charge on any atom is -0.480 e. The molecular formula is C25H38N2O3. The maximum Gasteiger partial charge on any atom is 0.326 e. The molecule has 0 aliphatic heterocycles. The Morgan fingerprint density at radius 1 is 0.933 bits per heavy atom. The van der Waals surface area contributed by atoms with Crippen LogP contribution in [-0.4, -0.2) is 28.0 Å². The van der Waals surface area contributed by atoms with Crippen LogP contribution >= 0.6 is 0 Å². The number of hydrogen-bond acceptors (Lipinski definition) is 2. The average Bonchev–Trinajstić information content (AvgIpc) is 3.14. The Labute approximate surface area is 180 Å². The molecule has 1 aromatic heterocycles. The topological polar surface area (TPSA) is 82.2 Å². The Hall–Kier alpha value is -2.30. The molecule has 2 aromatic rings. The van der Waals surface area contributed by atoms with Gasteiger partial charge in [0.1, 0.15) is 6.04 Å². The van der Waals surface area contributed by atoms with E-state index in [-0.39, 0.29) is 12.3 Å². The van der Waals surface area contributed by atoms with Crippen LogP contribution in [0.25, 0.3) is 10.9 Å². The van der Waals surface area contributed by atoms with E-state index in [1.165, 1.54) is 51.4 Å². The fraction of sp³-hybridized carbons (Fsp3) is 0.600. The zero-order valence-corrected chi connectivity index (χ0v) is 18.4.